The molecule has 0 aromatic heterocycles. The lowest BCUT2D eigenvalue weighted by Gasteiger charge is -2.16. The number of halogens is 1. The third-order valence-corrected chi connectivity index (χ3v) is 3.15. The molecule has 0 atom stereocenters. The van der Waals surface area contributed by atoms with Crippen molar-refractivity contribution in [2.24, 2.45) is 0 Å². The molecule has 0 aliphatic rings. The van der Waals surface area contributed by atoms with Crippen LogP contribution < -0.4 is 9.47 Å². The molecule has 0 saturated carbocycles. The van der Waals surface area contributed by atoms with E-state index in [-0.39, 0.29) is 20.2 Å². The number of benzene rings is 1. The molecule has 1 rings (SSSR count). The lowest BCUT2D eigenvalue weighted by molar-refractivity contribution is 0.00467. The zero-order chi connectivity index (χ0) is 14.1. The van der Waals surface area contributed by atoms with E-state index >= 15 is 0 Å². The first-order valence-corrected chi connectivity index (χ1v) is 7.15. The largest absolute Gasteiger partial charge is 0.463 e. The molecule has 0 aliphatic carbocycles. The zero-order valence-electron chi connectivity index (χ0n) is 11.1. The average Bonchev–Trinajstić information content (AvgIpc) is 2.42. The molecule has 108 valence electrons. The van der Waals surface area contributed by atoms with Crippen LogP contribution in [0.2, 0.25) is 0 Å². The molecule has 0 fully saturated rings. The van der Waals surface area contributed by atoms with Crippen molar-refractivity contribution < 1.29 is 24.1 Å². The minimum atomic E-state index is -0.122. The molecule has 0 amide bonds. The molecule has 1 aromatic carbocycles. The second kappa shape index (κ2) is 9.35. The van der Waals surface area contributed by atoms with E-state index in [0.29, 0.717) is 30.3 Å². The highest BCUT2D eigenvalue weighted by molar-refractivity contribution is 14.1. The van der Waals surface area contributed by atoms with E-state index in [9.17, 15) is 5.11 Å². The Labute approximate surface area is 126 Å². The van der Waals surface area contributed by atoms with Crippen LogP contribution in [0.25, 0.3) is 0 Å². The molecule has 0 radical (unpaired) electrons. The smallest absolute Gasteiger partial charge is 0.189 e. The van der Waals surface area contributed by atoms with E-state index < -0.39 is 0 Å². The predicted molar refractivity (Wildman–Crippen MR) is 79.3 cm³/mol. The second-order valence-corrected chi connectivity index (χ2v) is 4.70. The van der Waals surface area contributed by atoms with Gasteiger partial charge < -0.3 is 24.1 Å². The molecule has 1 N–H and O–H groups in total. The lowest BCUT2D eigenvalue weighted by atomic mass is 10.2. The van der Waals surface area contributed by atoms with Gasteiger partial charge in [-0.3, -0.25) is 0 Å². The minimum absolute atomic E-state index is 0.120. The molecule has 0 bridgehead atoms. The number of aliphatic hydroxyl groups excluding tert-OH is 1. The maximum atomic E-state index is 9.35. The van der Waals surface area contributed by atoms with Crippen molar-refractivity contribution >= 4 is 22.6 Å². The molecule has 0 saturated heterocycles. The molecule has 0 heterocycles. The van der Waals surface area contributed by atoms with Crippen LogP contribution in [0.15, 0.2) is 12.1 Å². The summed E-state index contributed by atoms with van der Waals surface area (Å²) in [6.45, 7) is 5.06. The van der Waals surface area contributed by atoms with E-state index in [1.165, 1.54) is 0 Å². The summed E-state index contributed by atoms with van der Waals surface area (Å²) in [7, 11) is 0. The van der Waals surface area contributed by atoms with Gasteiger partial charge in [-0.1, -0.05) is 6.07 Å². The van der Waals surface area contributed by atoms with Crippen LogP contribution in [0.3, 0.4) is 0 Å². The van der Waals surface area contributed by atoms with Gasteiger partial charge in [-0.15, -0.1) is 0 Å². The van der Waals surface area contributed by atoms with E-state index in [2.05, 4.69) is 22.6 Å². The van der Waals surface area contributed by atoms with Crippen LogP contribution >= 0.6 is 22.6 Å². The monoisotopic (exact) mass is 382 g/mol. The Morgan fingerprint density at radius 1 is 1.00 bits per heavy atom. The Kier molecular flexibility index (Phi) is 8.11. The van der Waals surface area contributed by atoms with Gasteiger partial charge in [0.25, 0.3) is 0 Å². The van der Waals surface area contributed by atoms with Gasteiger partial charge in [0, 0.05) is 18.8 Å². The summed E-state index contributed by atoms with van der Waals surface area (Å²) in [4.78, 5) is 0. The highest BCUT2D eigenvalue weighted by Gasteiger charge is 2.15. The third kappa shape index (κ3) is 5.13. The summed E-state index contributed by atoms with van der Waals surface area (Å²) < 4.78 is 22.3. The number of hydrogen-bond acceptors (Lipinski definition) is 5. The van der Waals surface area contributed by atoms with E-state index in [1.807, 2.05) is 19.9 Å². The average molecular weight is 382 g/mol. The van der Waals surface area contributed by atoms with Crippen molar-refractivity contribution in [1.82, 2.24) is 0 Å². The lowest BCUT2D eigenvalue weighted by Crippen LogP contribution is -2.09. The van der Waals surface area contributed by atoms with Gasteiger partial charge in [0.1, 0.15) is 0 Å². The predicted octanol–water partition coefficient (Wildman–Crippen LogP) is 2.53. The van der Waals surface area contributed by atoms with E-state index in [1.54, 1.807) is 6.07 Å². The standard InChI is InChI=1S/C13H19IO5/c1-3-16-8-18-12-10(7-15)5-6-11(14)13(12)19-9-17-4-2/h5-6,15H,3-4,7-9H2,1-2H3. The van der Waals surface area contributed by atoms with Crippen LogP contribution in [0, 0.1) is 3.57 Å². The van der Waals surface area contributed by atoms with Crippen molar-refractivity contribution in [3.05, 3.63) is 21.3 Å². The summed E-state index contributed by atoms with van der Waals surface area (Å²) in [5, 5.41) is 9.35. The Morgan fingerprint density at radius 3 is 2.11 bits per heavy atom. The fourth-order valence-electron chi connectivity index (χ4n) is 1.36. The molecular weight excluding hydrogens is 363 g/mol. The molecule has 5 nitrogen and oxygen atoms in total. The van der Waals surface area contributed by atoms with Crippen molar-refractivity contribution in [1.29, 1.82) is 0 Å². The SMILES string of the molecule is CCOCOc1c(I)ccc(CO)c1OCOCC. The number of rotatable bonds is 9. The minimum Gasteiger partial charge on any atom is -0.463 e. The number of aliphatic hydroxyl groups is 1. The molecule has 1 aromatic rings. The van der Waals surface area contributed by atoms with Crippen LogP contribution in [0.5, 0.6) is 11.5 Å². The molecule has 0 aliphatic heterocycles. The van der Waals surface area contributed by atoms with Crippen LogP contribution in [0.4, 0.5) is 0 Å². The van der Waals surface area contributed by atoms with Gasteiger partial charge in [0.05, 0.1) is 10.2 Å². The maximum Gasteiger partial charge on any atom is 0.189 e. The summed E-state index contributed by atoms with van der Waals surface area (Å²) in [6, 6.07) is 3.66. The van der Waals surface area contributed by atoms with Gasteiger partial charge in [0.2, 0.25) is 0 Å². The van der Waals surface area contributed by atoms with Crippen molar-refractivity contribution in [2.45, 2.75) is 20.5 Å². The van der Waals surface area contributed by atoms with Crippen LogP contribution in [-0.2, 0) is 16.1 Å². The number of hydrogen-bond donors (Lipinski definition) is 1. The highest BCUT2D eigenvalue weighted by Crippen LogP contribution is 2.36. The quantitative estimate of drug-likeness (QED) is 0.404. The maximum absolute atomic E-state index is 9.35. The summed E-state index contributed by atoms with van der Waals surface area (Å²) in [6.07, 6.45) is 0. The summed E-state index contributed by atoms with van der Waals surface area (Å²) in [5.41, 5.74) is 0.659. The Hall–Kier alpha value is -0.570. The first-order chi connectivity index (χ1) is 9.24. The topological polar surface area (TPSA) is 57.2 Å². The third-order valence-electron chi connectivity index (χ3n) is 2.30. The van der Waals surface area contributed by atoms with Crippen molar-refractivity contribution in [3.63, 3.8) is 0 Å². The summed E-state index contributed by atoms with van der Waals surface area (Å²) in [5.74, 6) is 1.07. The Morgan fingerprint density at radius 2 is 1.58 bits per heavy atom. The zero-order valence-corrected chi connectivity index (χ0v) is 13.3. The summed E-state index contributed by atoms with van der Waals surface area (Å²) >= 11 is 2.15. The van der Waals surface area contributed by atoms with Crippen molar-refractivity contribution in [3.8, 4) is 11.5 Å². The molecule has 6 heteroatoms. The van der Waals surface area contributed by atoms with Gasteiger partial charge in [-0.2, -0.15) is 0 Å². The first kappa shape index (κ1) is 16.5. The van der Waals surface area contributed by atoms with Crippen LogP contribution in [-0.4, -0.2) is 31.9 Å². The Bertz CT molecular complexity index is 384. The fraction of sp³-hybridized carbons (Fsp3) is 0.538. The fourth-order valence-corrected chi connectivity index (χ4v) is 1.94. The first-order valence-electron chi connectivity index (χ1n) is 6.07. The van der Waals surface area contributed by atoms with E-state index in [4.69, 9.17) is 18.9 Å². The second-order valence-electron chi connectivity index (χ2n) is 3.53. The van der Waals surface area contributed by atoms with Gasteiger partial charge in [-0.05, 0) is 42.5 Å². The van der Waals surface area contributed by atoms with Crippen molar-refractivity contribution in [2.75, 3.05) is 26.8 Å². The molecule has 0 unspecified atom stereocenters. The van der Waals surface area contributed by atoms with Gasteiger partial charge >= 0.3 is 0 Å². The normalized spacial score (nSPS) is 10.5. The molecular formula is C13H19IO5. The molecule has 19 heavy (non-hydrogen) atoms. The highest BCUT2D eigenvalue weighted by atomic mass is 127. The van der Waals surface area contributed by atoms with E-state index in [0.717, 1.165) is 3.57 Å². The van der Waals surface area contributed by atoms with Crippen LogP contribution in [0.1, 0.15) is 19.4 Å². The molecule has 0 spiro atoms. The Balaban J connectivity index is 2.88. The van der Waals surface area contributed by atoms with Gasteiger partial charge in [-0.25, -0.2) is 0 Å². The van der Waals surface area contributed by atoms with Gasteiger partial charge in [0.15, 0.2) is 25.1 Å². The number of ether oxygens (including phenoxy) is 4.